The molecule has 1 fully saturated rings. The molecule has 9 heteroatoms. The number of likely N-dealkylation sites (tertiary alicyclic amines) is 1. The van der Waals surface area contributed by atoms with Gasteiger partial charge >= 0.3 is 0 Å². The van der Waals surface area contributed by atoms with Crippen LogP contribution in [0, 0.1) is 0 Å². The normalized spacial score (nSPS) is 16.0. The summed E-state index contributed by atoms with van der Waals surface area (Å²) < 4.78 is 26.8. The number of carbonyl (C=O) groups is 2. The number of carbonyl (C=O) groups excluding carboxylic acids is 2. The molecule has 0 saturated carbocycles. The standard InChI is InChI=1S/C19H28ClN3O4S/c1-3-23(4-2)28(26,27)17-13-15(10-11-16(17)20)21-18(24)14-22-12-8-6-5-7-9-19(22)25/h10-11,13H,3-9,12,14H2,1-2H3,(H,21,24). The first-order valence-corrected chi connectivity index (χ1v) is 11.5. The number of rotatable bonds is 7. The molecule has 1 aromatic rings. The van der Waals surface area contributed by atoms with E-state index in [0.29, 0.717) is 31.7 Å². The summed E-state index contributed by atoms with van der Waals surface area (Å²) in [6.07, 6.45) is 4.28. The Morgan fingerprint density at radius 1 is 1.18 bits per heavy atom. The Kier molecular flexibility index (Phi) is 8.27. The van der Waals surface area contributed by atoms with Gasteiger partial charge in [-0.2, -0.15) is 4.31 Å². The van der Waals surface area contributed by atoms with Crippen molar-refractivity contribution in [3.05, 3.63) is 23.2 Å². The molecule has 1 aliphatic rings. The van der Waals surface area contributed by atoms with Gasteiger partial charge in [-0.25, -0.2) is 8.42 Å². The van der Waals surface area contributed by atoms with E-state index in [0.717, 1.165) is 25.7 Å². The number of nitrogens with one attached hydrogen (secondary N) is 1. The fourth-order valence-corrected chi connectivity index (χ4v) is 5.20. The first-order valence-electron chi connectivity index (χ1n) is 9.67. The van der Waals surface area contributed by atoms with Crippen LogP contribution in [0.25, 0.3) is 0 Å². The fraction of sp³-hybridized carbons (Fsp3) is 0.579. The van der Waals surface area contributed by atoms with Crippen LogP contribution in [0.5, 0.6) is 0 Å². The van der Waals surface area contributed by atoms with Gasteiger partial charge in [-0.3, -0.25) is 9.59 Å². The van der Waals surface area contributed by atoms with Crippen LogP contribution in [-0.4, -0.2) is 55.6 Å². The Labute approximate surface area is 172 Å². The highest BCUT2D eigenvalue weighted by Gasteiger charge is 2.25. The van der Waals surface area contributed by atoms with E-state index < -0.39 is 10.0 Å². The minimum atomic E-state index is -3.75. The second kappa shape index (κ2) is 10.2. The Hall–Kier alpha value is -1.64. The molecule has 0 bridgehead atoms. The van der Waals surface area contributed by atoms with Crippen molar-refractivity contribution in [1.82, 2.24) is 9.21 Å². The van der Waals surface area contributed by atoms with Crippen LogP contribution in [0.3, 0.4) is 0 Å². The van der Waals surface area contributed by atoms with Gasteiger partial charge in [0.1, 0.15) is 4.90 Å². The largest absolute Gasteiger partial charge is 0.333 e. The topological polar surface area (TPSA) is 86.8 Å². The van der Waals surface area contributed by atoms with E-state index in [1.54, 1.807) is 24.8 Å². The van der Waals surface area contributed by atoms with Crippen LogP contribution < -0.4 is 5.32 Å². The van der Waals surface area contributed by atoms with Gasteiger partial charge in [0.2, 0.25) is 21.8 Å². The molecule has 1 saturated heterocycles. The summed E-state index contributed by atoms with van der Waals surface area (Å²) >= 11 is 6.11. The van der Waals surface area contributed by atoms with Crippen molar-refractivity contribution >= 4 is 39.1 Å². The van der Waals surface area contributed by atoms with Crippen LogP contribution in [0.4, 0.5) is 5.69 Å². The van der Waals surface area contributed by atoms with Gasteiger partial charge < -0.3 is 10.2 Å². The molecule has 0 spiro atoms. The maximum atomic E-state index is 12.8. The molecule has 0 unspecified atom stereocenters. The summed E-state index contributed by atoms with van der Waals surface area (Å²) in [6.45, 7) is 4.67. The van der Waals surface area contributed by atoms with E-state index in [2.05, 4.69) is 5.32 Å². The maximum Gasteiger partial charge on any atom is 0.244 e. The molecular formula is C19H28ClN3O4S. The summed E-state index contributed by atoms with van der Waals surface area (Å²) in [7, 11) is -3.75. The van der Waals surface area contributed by atoms with Gasteiger partial charge in [-0.15, -0.1) is 0 Å². The highest BCUT2D eigenvalue weighted by molar-refractivity contribution is 7.89. The monoisotopic (exact) mass is 429 g/mol. The Morgan fingerprint density at radius 2 is 1.86 bits per heavy atom. The number of benzene rings is 1. The lowest BCUT2D eigenvalue weighted by molar-refractivity contribution is -0.135. The van der Waals surface area contributed by atoms with Gasteiger partial charge in [0.05, 0.1) is 11.6 Å². The first-order chi connectivity index (χ1) is 13.3. The lowest BCUT2D eigenvalue weighted by atomic mass is 10.1. The molecule has 0 aromatic heterocycles. The minimum absolute atomic E-state index is 0.0178. The van der Waals surface area contributed by atoms with E-state index in [9.17, 15) is 18.0 Å². The van der Waals surface area contributed by atoms with Crippen molar-refractivity contribution in [3.63, 3.8) is 0 Å². The number of nitrogens with zero attached hydrogens (tertiary/aromatic N) is 2. The number of hydrogen-bond acceptors (Lipinski definition) is 4. The molecule has 1 N–H and O–H groups in total. The van der Waals surface area contributed by atoms with Gasteiger partial charge in [-0.05, 0) is 31.0 Å². The van der Waals surface area contributed by atoms with Crippen LogP contribution in [0.2, 0.25) is 5.02 Å². The smallest absolute Gasteiger partial charge is 0.244 e. The maximum absolute atomic E-state index is 12.8. The fourth-order valence-electron chi connectivity index (χ4n) is 3.24. The van der Waals surface area contributed by atoms with E-state index in [1.807, 2.05) is 0 Å². The van der Waals surface area contributed by atoms with Crippen LogP contribution >= 0.6 is 11.6 Å². The zero-order chi connectivity index (χ0) is 20.7. The SMILES string of the molecule is CCN(CC)S(=O)(=O)c1cc(NC(=O)CN2CCCCCCC2=O)ccc1Cl. The van der Waals surface area contributed by atoms with Crippen LogP contribution in [0.15, 0.2) is 23.1 Å². The minimum Gasteiger partial charge on any atom is -0.333 e. The third kappa shape index (κ3) is 5.68. The van der Waals surface area contributed by atoms with Crippen molar-refractivity contribution in [2.75, 3.05) is 31.5 Å². The number of hydrogen-bond donors (Lipinski definition) is 1. The predicted molar refractivity (Wildman–Crippen MR) is 110 cm³/mol. The molecule has 2 amide bonds. The molecular weight excluding hydrogens is 402 g/mol. The molecule has 1 aromatic carbocycles. The lowest BCUT2D eigenvalue weighted by Gasteiger charge is -2.24. The van der Waals surface area contributed by atoms with E-state index in [-0.39, 0.29) is 28.3 Å². The molecule has 0 atom stereocenters. The quantitative estimate of drug-likeness (QED) is 0.721. The summed E-state index contributed by atoms with van der Waals surface area (Å²) in [5.74, 6) is -0.377. The molecule has 2 rings (SSSR count). The number of sulfonamides is 1. The van der Waals surface area contributed by atoms with Gasteiger partial charge in [0.25, 0.3) is 0 Å². The third-order valence-corrected chi connectivity index (χ3v) is 7.33. The van der Waals surface area contributed by atoms with Crippen LogP contribution in [-0.2, 0) is 19.6 Å². The zero-order valence-electron chi connectivity index (χ0n) is 16.4. The molecule has 1 heterocycles. The zero-order valence-corrected chi connectivity index (χ0v) is 18.0. The molecule has 0 aliphatic carbocycles. The Morgan fingerprint density at radius 3 is 2.54 bits per heavy atom. The average Bonchev–Trinajstić information content (AvgIpc) is 2.63. The Balaban J connectivity index is 2.14. The Bertz CT molecular complexity index is 809. The average molecular weight is 430 g/mol. The summed E-state index contributed by atoms with van der Waals surface area (Å²) in [5.41, 5.74) is 0.333. The summed E-state index contributed by atoms with van der Waals surface area (Å²) in [4.78, 5) is 26.1. The highest BCUT2D eigenvalue weighted by Crippen LogP contribution is 2.27. The molecule has 7 nitrogen and oxygen atoms in total. The van der Waals surface area contributed by atoms with Crippen LogP contribution in [0.1, 0.15) is 46.0 Å². The molecule has 156 valence electrons. The summed E-state index contributed by atoms with van der Waals surface area (Å²) in [5, 5.41) is 2.79. The molecule has 28 heavy (non-hydrogen) atoms. The van der Waals surface area contributed by atoms with E-state index >= 15 is 0 Å². The number of anilines is 1. The van der Waals surface area contributed by atoms with Gasteiger partial charge in [-0.1, -0.05) is 38.3 Å². The molecule has 1 aliphatic heterocycles. The van der Waals surface area contributed by atoms with E-state index in [1.165, 1.54) is 16.4 Å². The summed E-state index contributed by atoms with van der Waals surface area (Å²) in [6, 6.07) is 4.37. The lowest BCUT2D eigenvalue weighted by Crippen LogP contribution is -2.39. The van der Waals surface area contributed by atoms with E-state index in [4.69, 9.17) is 11.6 Å². The predicted octanol–water partition coefficient (Wildman–Crippen LogP) is 3.10. The van der Waals surface area contributed by atoms with Crippen molar-refractivity contribution in [1.29, 1.82) is 0 Å². The van der Waals surface area contributed by atoms with Crippen molar-refractivity contribution < 1.29 is 18.0 Å². The second-order valence-corrected chi connectivity index (χ2v) is 9.08. The van der Waals surface area contributed by atoms with Crippen molar-refractivity contribution in [3.8, 4) is 0 Å². The third-order valence-electron chi connectivity index (χ3n) is 4.79. The van der Waals surface area contributed by atoms with Gasteiger partial charge in [0.15, 0.2) is 0 Å². The highest BCUT2D eigenvalue weighted by atomic mass is 35.5. The van der Waals surface area contributed by atoms with Crippen molar-refractivity contribution in [2.45, 2.75) is 50.8 Å². The number of amides is 2. The van der Waals surface area contributed by atoms with Gasteiger partial charge in [0, 0.05) is 31.7 Å². The van der Waals surface area contributed by atoms with Crippen molar-refractivity contribution in [2.24, 2.45) is 0 Å². The second-order valence-electron chi connectivity index (χ2n) is 6.76. The molecule has 0 radical (unpaired) electrons. The number of halogens is 1. The first kappa shape index (κ1) is 22.6.